The number of rotatable bonds is 7. The molecule has 0 bridgehead atoms. The Morgan fingerprint density at radius 1 is 1.18 bits per heavy atom. The Hall–Kier alpha value is -2.60. The van der Waals surface area contributed by atoms with Gasteiger partial charge in [0.2, 0.25) is 5.91 Å². The first-order chi connectivity index (χ1) is 13.7. The molecule has 2 heterocycles. The number of nitrogens with zero attached hydrogens (tertiary/aromatic N) is 2. The largest absolute Gasteiger partial charge is 0.497 e. The lowest BCUT2D eigenvalue weighted by Crippen LogP contribution is -2.30. The van der Waals surface area contributed by atoms with E-state index in [1.807, 2.05) is 47.4 Å². The van der Waals surface area contributed by atoms with Crippen molar-refractivity contribution in [2.24, 2.45) is 0 Å². The minimum Gasteiger partial charge on any atom is -0.497 e. The summed E-state index contributed by atoms with van der Waals surface area (Å²) in [5.41, 5.74) is 1.02. The van der Waals surface area contributed by atoms with Crippen molar-refractivity contribution < 1.29 is 14.3 Å². The van der Waals surface area contributed by atoms with Crippen LogP contribution in [-0.4, -0.2) is 36.1 Å². The molecule has 28 heavy (non-hydrogen) atoms. The lowest BCUT2D eigenvalue weighted by Gasteiger charge is -2.23. The van der Waals surface area contributed by atoms with Crippen molar-refractivity contribution in [2.45, 2.75) is 31.7 Å². The second-order valence-corrected chi connectivity index (χ2v) is 7.95. The van der Waals surface area contributed by atoms with Gasteiger partial charge in [0.15, 0.2) is 0 Å². The number of amides is 1. The lowest BCUT2D eigenvalue weighted by atomic mass is 10.2. The number of methoxy groups -OCH3 is 1. The van der Waals surface area contributed by atoms with Gasteiger partial charge in [0.05, 0.1) is 30.0 Å². The van der Waals surface area contributed by atoms with Crippen LogP contribution in [0.15, 0.2) is 48.5 Å². The number of ether oxygens (including phenoxy) is 2. The first-order valence-corrected chi connectivity index (χ1v) is 10.5. The fourth-order valence-electron chi connectivity index (χ4n) is 3.58. The summed E-state index contributed by atoms with van der Waals surface area (Å²) in [7, 11) is 1.64. The number of aromatic nitrogens is 1. The summed E-state index contributed by atoms with van der Waals surface area (Å²) in [5.74, 6) is 1.79. The zero-order valence-corrected chi connectivity index (χ0v) is 16.8. The molecule has 1 atom stereocenters. The highest BCUT2D eigenvalue weighted by atomic mass is 32.1. The molecule has 1 fully saturated rings. The molecule has 0 radical (unpaired) electrons. The van der Waals surface area contributed by atoms with Gasteiger partial charge in [-0.2, -0.15) is 0 Å². The minimum absolute atomic E-state index is 0.118. The van der Waals surface area contributed by atoms with Gasteiger partial charge in [0.1, 0.15) is 16.5 Å². The van der Waals surface area contributed by atoms with Crippen LogP contribution >= 0.6 is 11.3 Å². The van der Waals surface area contributed by atoms with E-state index in [2.05, 4.69) is 6.07 Å². The van der Waals surface area contributed by atoms with Crippen LogP contribution in [-0.2, 0) is 4.79 Å². The van der Waals surface area contributed by atoms with Crippen LogP contribution in [0.2, 0.25) is 0 Å². The van der Waals surface area contributed by atoms with Crippen LogP contribution in [0.1, 0.15) is 36.7 Å². The fourth-order valence-corrected chi connectivity index (χ4v) is 4.70. The number of benzene rings is 2. The van der Waals surface area contributed by atoms with Gasteiger partial charge in [0, 0.05) is 13.0 Å². The summed E-state index contributed by atoms with van der Waals surface area (Å²) in [6, 6.07) is 15.8. The molecule has 1 amide bonds. The van der Waals surface area contributed by atoms with Crippen LogP contribution in [0, 0.1) is 0 Å². The average molecular weight is 397 g/mol. The first kappa shape index (κ1) is 18.7. The van der Waals surface area contributed by atoms with Crippen LogP contribution in [0.3, 0.4) is 0 Å². The molecule has 1 aliphatic heterocycles. The Kier molecular flexibility index (Phi) is 5.76. The van der Waals surface area contributed by atoms with E-state index in [9.17, 15) is 4.79 Å². The average Bonchev–Trinajstić information content (AvgIpc) is 3.38. The lowest BCUT2D eigenvalue weighted by molar-refractivity contribution is -0.132. The molecule has 1 aliphatic rings. The highest BCUT2D eigenvalue weighted by Crippen LogP contribution is 2.36. The number of para-hydroxylation sites is 1. The Morgan fingerprint density at radius 3 is 2.75 bits per heavy atom. The third-order valence-electron chi connectivity index (χ3n) is 5.03. The normalized spacial score (nSPS) is 16.5. The minimum atomic E-state index is 0.118. The van der Waals surface area contributed by atoms with Gasteiger partial charge >= 0.3 is 0 Å². The number of likely N-dealkylation sites (tertiary alicyclic amines) is 1. The van der Waals surface area contributed by atoms with Gasteiger partial charge in [0.25, 0.3) is 0 Å². The number of carbonyl (C=O) groups excluding carboxylic acids is 1. The molecule has 4 rings (SSSR count). The number of hydrogen-bond acceptors (Lipinski definition) is 5. The molecule has 1 aromatic heterocycles. The molecule has 0 unspecified atom stereocenters. The summed E-state index contributed by atoms with van der Waals surface area (Å²) < 4.78 is 12.1. The topological polar surface area (TPSA) is 51.7 Å². The number of thiazole rings is 1. The van der Waals surface area contributed by atoms with Crippen molar-refractivity contribution in [1.29, 1.82) is 0 Å². The molecule has 2 aromatic carbocycles. The van der Waals surface area contributed by atoms with Crippen molar-refractivity contribution in [3.63, 3.8) is 0 Å². The molecule has 5 nitrogen and oxygen atoms in total. The zero-order valence-electron chi connectivity index (χ0n) is 16.0. The Morgan fingerprint density at radius 2 is 1.96 bits per heavy atom. The molecule has 3 aromatic rings. The first-order valence-electron chi connectivity index (χ1n) is 9.66. The van der Waals surface area contributed by atoms with Crippen molar-refractivity contribution in [1.82, 2.24) is 9.88 Å². The van der Waals surface area contributed by atoms with Gasteiger partial charge in [-0.3, -0.25) is 4.79 Å². The maximum absolute atomic E-state index is 12.8. The van der Waals surface area contributed by atoms with Crippen LogP contribution in [0.5, 0.6) is 11.5 Å². The maximum atomic E-state index is 12.8. The highest BCUT2D eigenvalue weighted by molar-refractivity contribution is 7.18. The number of fused-ring (bicyclic) bond motifs is 1. The van der Waals surface area contributed by atoms with E-state index in [1.54, 1.807) is 18.4 Å². The van der Waals surface area contributed by atoms with Crippen molar-refractivity contribution in [3.05, 3.63) is 53.5 Å². The third-order valence-corrected chi connectivity index (χ3v) is 6.17. The standard InChI is InChI=1S/C22H24N2O3S/c1-26-16-10-12-17(13-11-16)27-15-5-9-21(25)24-14-4-7-19(24)22-23-18-6-2-3-8-20(18)28-22/h2-3,6,8,10-13,19H,4-5,7,9,14-15H2,1H3/t19-/m0/s1. The highest BCUT2D eigenvalue weighted by Gasteiger charge is 2.31. The van der Waals surface area contributed by atoms with Gasteiger partial charge in [-0.15, -0.1) is 11.3 Å². The summed E-state index contributed by atoms with van der Waals surface area (Å²) >= 11 is 1.70. The Balaban J connectivity index is 1.30. The molecule has 0 saturated carbocycles. The molecular weight excluding hydrogens is 372 g/mol. The second-order valence-electron chi connectivity index (χ2n) is 6.89. The van der Waals surface area contributed by atoms with E-state index >= 15 is 0 Å². The van der Waals surface area contributed by atoms with E-state index in [1.165, 1.54) is 4.70 Å². The molecule has 1 saturated heterocycles. The summed E-state index contributed by atoms with van der Waals surface area (Å²) in [6.07, 6.45) is 3.23. The summed E-state index contributed by atoms with van der Waals surface area (Å²) in [6.45, 7) is 1.34. The van der Waals surface area contributed by atoms with Gasteiger partial charge in [-0.05, 0) is 55.7 Å². The smallest absolute Gasteiger partial charge is 0.223 e. The fraction of sp³-hybridized carbons (Fsp3) is 0.364. The van der Waals surface area contributed by atoms with Crippen LogP contribution in [0.25, 0.3) is 10.2 Å². The van der Waals surface area contributed by atoms with Crippen molar-refractivity contribution in [3.8, 4) is 11.5 Å². The molecule has 0 spiro atoms. The van der Waals surface area contributed by atoms with E-state index in [4.69, 9.17) is 14.5 Å². The third kappa shape index (κ3) is 4.12. The van der Waals surface area contributed by atoms with E-state index < -0.39 is 0 Å². The quantitative estimate of drug-likeness (QED) is 0.537. The van der Waals surface area contributed by atoms with Crippen LogP contribution < -0.4 is 9.47 Å². The van der Waals surface area contributed by atoms with Gasteiger partial charge in [-0.1, -0.05) is 12.1 Å². The number of carbonyl (C=O) groups is 1. The molecule has 0 N–H and O–H groups in total. The molecule has 6 heteroatoms. The molecule has 146 valence electrons. The maximum Gasteiger partial charge on any atom is 0.223 e. The second kappa shape index (κ2) is 8.61. The number of hydrogen-bond donors (Lipinski definition) is 0. The van der Waals surface area contributed by atoms with Crippen LogP contribution in [0.4, 0.5) is 0 Å². The van der Waals surface area contributed by atoms with E-state index in [0.717, 1.165) is 41.4 Å². The predicted octanol–water partition coefficient (Wildman–Crippen LogP) is 4.83. The zero-order chi connectivity index (χ0) is 19.3. The van der Waals surface area contributed by atoms with Crippen molar-refractivity contribution in [2.75, 3.05) is 20.3 Å². The molecular formula is C22H24N2O3S. The summed E-state index contributed by atoms with van der Waals surface area (Å²) in [4.78, 5) is 19.5. The monoisotopic (exact) mass is 396 g/mol. The molecule has 0 aliphatic carbocycles. The SMILES string of the molecule is COc1ccc(OCCCC(=O)N2CCC[C@H]2c2nc3ccccc3s2)cc1. The predicted molar refractivity (Wildman–Crippen MR) is 111 cm³/mol. The van der Waals surface area contributed by atoms with Gasteiger partial charge in [-0.25, -0.2) is 4.98 Å². The van der Waals surface area contributed by atoms with E-state index in [0.29, 0.717) is 19.4 Å². The Labute approximate surface area is 168 Å². The Bertz CT molecular complexity index is 905. The van der Waals surface area contributed by atoms with E-state index in [-0.39, 0.29) is 11.9 Å². The van der Waals surface area contributed by atoms with Gasteiger partial charge < -0.3 is 14.4 Å². The summed E-state index contributed by atoms with van der Waals surface area (Å²) in [5, 5.41) is 1.06. The van der Waals surface area contributed by atoms with Crippen molar-refractivity contribution >= 4 is 27.5 Å².